The minimum atomic E-state index is 0.0229. The number of carbonyl (C=O) groups is 1. The van der Waals surface area contributed by atoms with Crippen LogP contribution in [0.1, 0.15) is 17.3 Å². The Labute approximate surface area is 166 Å². The Kier molecular flexibility index (Phi) is 3.24. The van der Waals surface area contributed by atoms with Crippen molar-refractivity contribution in [1.29, 1.82) is 0 Å². The average Bonchev–Trinajstić information content (AvgIpc) is 3.31. The fourth-order valence-electron chi connectivity index (χ4n) is 4.10. The highest BCUT2D eigenvalue weighted by Crippen LogP contribution is 2.39. The molecule has 0 radical (unpaired) electrons. The van der Waals surface area contributed by atoms with Crippen molar-refractivity contribution in [2.45, 2.75) is 6.92 Å². The van der Waals surface area contributed by atoms with E-state index in [0.29, 0.717) is 11.1 Å². The third-order valence-electron chi connectivity index (χ3n) is 5.59. The molecule has 2 heterocycles. The Morgan fingerprint density at radius 1 is 0.621 bits per heavy atom. The number of rotatable bonds is 2. The van der Waals surface area contributed by atoms with Crippen LogP contribution in [0.25, 0.3) is 55.0 Å². The molecule has 6 aromatic rings. The van der Waals surface area contributed by atoms with Gasteiger partial charge < -0.3 is 8.83 Å². The van der Waals surface area contributed by atoms with E-state index in [0.717, 1.165) is 49.4 Å². The number of fused-ring (bicyclic) bond motifs is 7. The molecule has 0 aliphatic rings. The van der Waals surface area contributed by atoms with Gasteiger partial charge in [0, 0.05) is 27.1 Å². The molecule has 0 spiro atoms. The SMILES string of the molecule is CC(=O)c1ccc2c(c1)oc1c2ccc2c3ccc(-c4ccccc4)cc3oc21. The molecule has 0 saturated heterocycles. The Morgan fingerprint density at radius 3 is 1.86 bits per heavy atom. The molecular weight excluding hydrogens is 360 g/mol. The summed E-state index contributed by atoms with van der Waals surface area (Å²) < 4.78 is 12.4. The number of hydrogen-bond donors (Lipinski definition) is 0. The second-order valence-corrected chi connectivity index (χ2v) is 7.37. The number of Topliss-reactive ketones (excluding diaryl/α,β-unsaturated/α-hetero) is 1. The van der Waals surface area contributed by atoms with Crippen LogP contribution in [0, 0.1) is 0 Å². The minimum Gasteiger partial charge on any atom is -0.452 e. The van der Waals surface area contributed by atoms with Crippen LogP contribution in [0.2, 0.25) is 0 Å². The molecule has 4 aromatic carbocycles. The summed E-state index contributed by atoms with van der Waals surface area (Å²) >= 11 is 0. The lowest BCUT2D eigenvalue weighted by Crippen LogP contribution is -1.89. The summed E-state index contributed by atoms with van der Waals surface area (Å²) in [5, 5.41) is 4.06. The summed E-state index contributed by atoms with van der Waals surface area (Å²) in [5.41, 5.74) is 5.90. The number of hydrogen-bond acceptors (Lipinski definition) is 3. The topological polar surface area (TPSA) is 43.4 Å². The smallest absolute Gasteiger partial charge is 0.178 e. The molecule has 0 fully saturated rings. The molecule has 138 valence electrons. The zero-order valence-corrected chi connectivity index (χ0v) is 15.7. The van der Waals surface area contributed by atoms with E-state index in [-0.39, 0.29) is 5.78 Å². The van der Waals surface area contributed by atoms with Gasteiger partial charge in [0.2, 0.25) is 0 Å². The lowest BCUT2D eigenvalue weighted by Gasteiger charge is -2.00. The third-order valence-corrected chi connectivity index (χ3v) is 5.59. The van der Waals surface area contributed by atoms with Gasteiger partial charge >= 0.3 is 0 Å². The van der Waals surface area contributed by atoms with Crippen molar-refractivity contribution in [2.24, 2.45) is 0 Å². The zero-order valence-electron chi connectivity index (χ0n) is 15.7. The van der Waals surface area contributed by atoms with Crippen LogP contribution < -0.4 is 0 Å². The first-order valence-corrected chi connectivity index (χ1v) is 9.57. The van der Waals surface area contributed by atoms with E-state index < -0.39 is 0 Å². The summed E-state index contributed by atoms with van der Waals surface area (Å²) in [6.07, 6.45) is 0. The van der Waals surface area contributed by atoms with Gasteiger partial charge in [-0.2, -0.15) is 0 Å². The molecular formula is C26H16O3. The van der Waals surface area contributed by atoms with Gasteiger partial charge in [0.25, 0.3) is 0 Å². The second-order valence-electron chi connectivity index (χ2n) is 7.37. The first-order valence-electron chi connectivity index (χ1n) is 9.57. The van der Waals surface area contributed by atoms with E-state index in [2.05, 4.69) is 42.5 Å². The van der Waals surface area contributed by atoms with Gasteiger partial charge in [0.1, 0.15) is 11.2 Å². The van der Waals surface area contributed by atoms with Gasteiger partial charge in [-0.3, -0.25) is 4.79 Å². The Morgan fingerprint density at radius 2 is 1.21 bits per heavy atom. The van der Waals surface area contributed by atoms with E-state index in [9.17, 15) is 4.79 Å². The van der Waals surface area contributed by atoms with Crippen molar-refractivity contribution in [3.05, 3.63) is 84.4 Å². The van der Waals surface area contributed by atoms with Gasteiger partial charge in [-0.1, -0.05) is 42.5 Å². The molecule has 2 aromatic heterocycles. The van der Waals surface area contributed by atoms with E-state index in [1.807, 2.05) is 30.3 Å². The van der Waals surface area contributed by atoms with Crippen LogP contribution in [-0.2, 0) is 0 Å². The molecule has 0 amide bonds. The summed E-state index contributed by atoms with van der Waals surface area (Å²) in [4.78, 5) is 11.7. The maximum Gasteiger partial charge on any atom is 0.178 e. The highest BCUT2D eigenvalue weighted by Gasteiger charge is 2.17. The Hall–Kier alpha value is -3.85. The minimum absolute atomic E-state index is 0.0229. The van der Waals surface area contributed by atoms with Crippen LogP contribution in [0.3, 0.4) is 0 Å². The maximum atomic E-state index is 11.7. The Bertz CT molecular complexity index is 1570. The van der Waals surface area contributed by atoms with Gasteiger partial charge in [-0.05, 0) is 54.4 Å². The predicted molar refractivity (Wildman–Crippen MR) is 116 cm³/mol. The molecule has 3 heteroatoms. The van der Waals surface area contributed by atoms with E-state index in [1.54, 1.807) is 13.0 Å². The van der Waals surface area contributed by atoms with Gasteiger partial charge in [-0.15, -0.1) is 0 Å². The number of ketones is 1. The van der Waals surface area contributed by atoms with Gasteiger partial charge in [0.15, 0.2) is 16.9 Å². The molecule has 6 rings (SSSR count). The van der Waals surface area contributed by atoms with Crippen LogP contribution in [0.15, 0.2) is 87.7 Å². The van der Waals surface area contributed by atoms with E-state index in [4.69, 9.17) is 8.83 Å². The first kappa shape index (κ1) is 16.1. The molecule has 29 heavy (non-hydrogen) atoms. The molecule has 3 nitrogen and oxygen atoms in total. The molecule has 0 aliphatic heterocycles. The third kappa shape index (κ3) is 2.34. The quantitative estimate of drug-likeness (QED) is 0.297. The van der Waals surface area contributed by atoms with Gasteiger partial charge in [-0.25, -0.2) is 0 Å². The van der Waals surface area contributed by atoms with Crippen molar-refractivity contribution in [3.8, 4) is 11.1 Å². The van der Waals surface area contributed by atoms with E-state index >= 15 is 0 Å². The van der Waals surface area contributed by atoms with E-state index in [1.165, 1.54) is 0 Å². The van der Waals surface area contributed by atoms with Gasteiger partial charge in [0.05, 0.1) is 0 Å². The molecule has 0 bridgehead atoms. The average molecular weight is 376 g/mol. The Balaban J connectivity index is 1.64. The number of carbonyl (C=O) groups excluding carboxylic acids is 1. The second kappa shape index (κ2) is 5.82. The monoisotopic (exact) mass is 376 g/mol. The maximum absolute atomic E-state index is 11.7. The summed E-state index contributed by atoms with van der Waals surface area (Å²) in [5.74, 6) is 0.0229. The van der Waals surface area contributed by atoms with Crippen LogP contribution in [0.5, 0.6) is 0 Å². The molecule has 0 N–H and O–H groups in total. The molecule has 0 aliphatic carbocycles. The fraction of sp³-hybridized carbons (Fsp3) is 0.0385. The molecule has 0 unspecified atom stereocenters. The largest absolute Gasteiger partial charge is 0.452 e. The normalized spacial score (nSPS) is 11.8. The standard InChI is InChI=1S/C26H16O3/c1-15(27)17-7-9-19-21-11-12-22-20-10-8-18(16-5-3-2-4-6-16)14-24(20)29-26(22)25(21)28-23(19)13-17/h2-14H,1H3. The lowest BCUT2D eigenvalue weighted by atomic mass is 10.0. The molecule has 0 atom stereocenters. The van der Waals surface area contributed by atoms with Crippen LogP contribution >= 0.6 is 0 Å². The van der Waals surface area contributed by atoms with Crippen molar-refractivity contribution >= 4 is 49.7 Å². The summed E-state index contributed by atoms with van der Waals surface area (Å²) in [7, 11) is 0. The predicted octanol–water partition coefficient (Wildman–Crippen LogP) is 7.36. The first-order chi connectivity index (χ1) is 14.2. The number of benzene rings is 4. The van der Waals surface area contributed by atoms with Crippen LogP contribution in [-0.4, -0.2) is 5.78 Å². The zero-order chi connectivity index (χ0) is 19.5. The molecule has 0 saturated carbocycles. The summed E-state index contributed by atoms with van der Waals surface area (Å²) in [6.45, 7) is 1.56. The highest BCUT2D eigenvalue weighted by molar-refractivity contribution is 6.19. The van der Waals surface area contributed by atoms with Crippen LogP contribution in [0.4, 0.5) is 0 Å². The highest BCUT2D eigenvalue weighted by atomic mass is 16.4. The van der Waals surface area contributed by atoms with Crippen molar-refractivity contribution in [1.82, 2.24) is 0 Å². The lowest BCUT2D eigenvalue weighted by molar-refractivity contribution is 0.101. The van der Waals surface area contributed by atoms with Crippen molar-refractivity contribution in [2.75, 3.05) is 0 Å². The fourth-order valence-corrected chi connectivity index (χ4v) is 4.10. The van der Waals surface area contributed by atoms with Crippen molar-refractivity contribution in [3.63, 3.8) is 0 Å². The van der Waals surface area contributed by atoms with Crippen molar-refractivity contribution < 1.29 is 13.6 Å². The number of furan rings is 2. The summed E-state index contributed by atoms with van der Waals surface area (Å²) in [6, 6.07) is 26.3.